The average molecular weight is 477 g/mol. The van der Waals surface area contributed by atoms with E-state index in [1.54, 1.807) is 14.2 Å². The first-order chi connectivity index (χ1) is 12.3. The van der Waals surface area contributed by atoms with E-state index in [4.69, 9.17) is 14.2 Å². The molecule has 0 atom stereocenters. The molecule has 0 spiro atoms. The molecule has 0 bridgehead atoms. The number of methoxy groups -OCH3 is 1. The van der Waals surface area contributed by atoms with Crippen molar-refractivity contribution in [2.24, 2.45) is 10.9 Å². The molecule has 148 valence electrons. The molecule has 0 aliphatic carbocycles. The van der Waals surface area contributed by atoms with Crippen LogP contribution in [0.1, 0.15) is 24.8 Å². The number of nitrogens with zero attached hydrogens (tertiary/aromatic N) is 1. The number of rotatable bonds is 9. The highest BCUT2D eigenvalue weighted by Gasteiger charge is 2.13. The minimum atomic E-state index is 0. The van der Waals surface area contributed by atoms with Crippen LogP contribution < -0.4 is 15.4 Å². The molecule has 1 aliphatic rings. The van der Waals surface area contributed by atoms with Gasteiger partial charge in [-0.3, -0.25) is 4.99 Å². The van der Waals surface area contributed by atoms with Gasteiger partial charge >= 0.3 is 0 Å². The Morgan fingerprint density at radius 3 is 2.81 bits per heavy atom. The van der Waals surface area contributed by atoms with Crippen LogP contribution in [0.4, 0.5) is 0 Å². The summed E-state index contributed by atoms with van der Waals surface area (Å²) in [5.74, 6) is 2.33. The van der Waals surface area contributed by atoms with Crippen molar-refractivity contribution < 1.29 is 14.2 Å². The molecule has 1 aliphatic heterocycles. The van der Waals surface area contributed by atoms with Crippen LogP contribution in [0.2, 0.25) is 0 Å². The van der Waals surface area contributed by atoms with Crippen molar-refractivity contribution in [3.63, 3.8) is 0 Å². The fraction of sp³-hybridized carbons (Fsp3) is 0.632. The number of hydrogen-bond donors (Lipinski definition) is 2. The topological polar surface area (TPSA) is 64.1 Å². The fourth-order valence-electron chi connectivity index (χ4n) is 2.73. The van der Waals surface area contributed by atoms with Gasteiger partial charge in [0.1, 0.15) is 5.75 Å². The number of guanidine groups is 1. The van der Waals surface area contributed by atoms with Crippen LogP contribution in [0, 0.1) is 5.92 Å². The summed E-state index contributed by atoms with van der Waals surface area (Å²) in [6, 6.07) is 8.01. The Morgan fingerprint density at radius 2 is 2.08 bits per heavy atom. The lowest BCUT2D eigenvalue weighted by Gasteiger charge is -2.21. The molecule has 1 aromatic rings. The van der Waals surface area contributed by atoms with Gasteiger partial charge in [0.25, 0.3) is 0 Å². The normalized spacial score (nSPS) is 15.2. The van der Waals surface area contributed by atoms with E-state index in [0.717, 1.165) is 69.5 Å². The lowest BCUT2D eigenvalue weighted by molar-refractivity contribution is 0.0203. The zero-order valence-corrected chi connectivity index (χ0v) is 18.2. The Bertz CT molecular complexity index is 523. The van der Waals surface area contributed by atoms with E-state index in [9.17, 15) is 0 Å². The third-order valence-electron chi connectivity index (χ3n) is 4.27. The molecule has 6 nitrogen and oxygen atoms in total. The molecule has 2 rings (SSSR count). The summed E-state index contributed by atoms with van der Waals surface area (Å²) in [6.45, 7) is 4.93. The summed E-state index contributed by atoms with van der Waals surface area (Å²) in [5, 5.41) is 6.62. The zero-order valence-electron chi connectivity index (χ0n) is 15.8. The Kier molecular flexibility index (Phi) is 12.4. The standard InChI is InChI=1S/C19H31N3O3.HI/c1-20-19(22-14-17-5-3-6-18(13-17)23-2)21-9-4-10-25-15-16-7-11-24-12-8-16;/h3,5-6,13,16H,4,7-12,14-15H2,1-2H3,(H2,20,21,22);1H. The van der Waals surface area contributed by atoms with E-state index in [2.05, 4.69) is 21.7 Å². The van der Waals surface area contributed by atoms with E-state index in [1.807, 2.05) is 18.2 Å². The molecule has 1 fully saturated rings. The van der Waals surface area contributed by atoms with Crippen LogP contribution >= 0.6 is 24.0 Å². The molecule has 7 heteroatoms. The predicted molar refractivity (Wildman–Crippen MR) is 116 cm³/mol. The second-order valence-electron chi connectivity index (χ2n) is 6.19. The zero-order chi connectivity index (χ0) is 17.7. The van der Waals surface area contributed by atoms with Crippen molar-refractivity contribution in [2.75, 3.05) is 47.1 Å². The summed E-state index contributed by atoms with van der Waals surface area (Å²) >= 11 is 0. The molecule has 1 aromatic carbocycles. The largest absolute Gasteiger partial charge is 0.497 e. The maximum absolute atomic E-state index is 5.77. The summed E-state index contributed by atoms with van der Waals surface area (Å²) in [5.41, 5.74) is 1.15. The van der Waals surface area contributed by atoms with E-state index in [-0.39, 0.29) is 24.0 Å². The lowest BCUT2D eigenvalue weighted by atomic mass is 10.0. The van der Waals surface area contributed by atoms with E-state index < -0.39 is 0 Å². The average Bonchev–Trinajstić information content (AvgIpc) is 2.67. The molecule has 26 heavy (non-hydrogen) atoms. The smallest absolute Gasteiger partial charge is 0.191 e. The van der Waals surface area contributed by atoms with Crippen molar-refractivity contribution in [1.82, 2.24) is 10.6 Å². The van der Waals surface area contributed by atoms with Gasteiger partial charge in [-0.15, -0.1) is 24.0 Å². The monoisotopic (exact) mass is 477 g/mol. The summed E-state index contributed by atoms with van der Waals surface area (Å²) < 4.78 is 16.4. The van der Waals surface area contributed by atoms with Gasteiger partial charge in [-0.2, -0.15) is 0 Å². The SMILES string of the molecule is CN=C(NCCCOCC1CCOCC1)NCc1cccc(OC)c1.I. The van der Waals surface area contributed by atoms with Crippen LogP contribution in [0.25, 0.3) is 0 Å². The molecule has 0 radical (unpaired) electrons. The third-order valence-corrected chi connectivity index (χ3v) is 4.27. The first-order valence-electron chi connectivity index (χ1n) is 9.04. The number of halogens is 1. The molecule has 0 amide bonds. The van der Waals surface area contributed by atoms with Crippen LogP contribution in [0.15, 0.2) is 29.3 Å². The van der Waals surface area contributed by atoms with Crippen molar-refractivity contribution in [3.05, 3.63) is 29.8 Å². The van der Waals surface area contributed by atoms with Gasteiger partial charge in [0.2, 0.25) is 0 Å². The van der Waals surface area contributed by atoms with Crippen LogP contribution in [-0.4, -0.2) is 53.1 Å². The minimum absolute atomic E-state index is 0. The van der Waals surface area contributed by atoms with Crippen molar-refractivity contribution in [2.45, 2.75) is 25.8 Å². The highest BCUT2D eigenvalue weighted by atomic mass is 127. The van der Waals surface area contributed by atoms with Gasteiger partial charge < -0.3 is 24.8 Å². The predicted octanol–water partition coefficient (Wildman–Crippen LogP) is 2.81. The lowest BCUT2D eigenvalue weighted by Crippen LogP contribution is -2.37. The quantitative estimate of drug-likeness (QED) is 0.248. The van der Waals surface area contributed by atoms with Crippen LogP contribution in [-0.2, 0) is 16.0 Å². The van der Waals surface area contributed by atoms with Crippen LogP contribution in [0.3, 0.4) is 0 Å². The second-order valence-corrected chi connectivity index (χ2v) is 6.19. The molecule has 0 unspecified atom stereocenters. The minimum Gasteiger partial charge on any atom is -0.497 e. The number of hydrogen-bond acceptors (Lipinski definition) is 4. The van der Waals surface area contributed by atoms with Crippen LogP contribution in [0.5, 0.6) is 5.75 Å². The van der Waals surface area contributed by atoms with Crippen molar-refractivity contribution in [1.29, 1.82) is 0 Å². The fourth-order valence-corrected chi connectivity index (χ4v) is 2.73. The molecular formula is C19H32IN3O3. The Balaban J connectivity index is 0.00000338. The van der Waals surface area contributed by atoms with Gasteiger partial charge in [0.15, 0.2) is 5.96 Å². The van der Waals surface area contributed by atoms with Crippen molar-refractivity contribution in [3.8, 4) is 5.75 Å². The van der Waals surface area contributed by atoms with E-state index >= 15 is 0 Å². The number of benzene rings is 1. The Labute approximate surface area is 174 Å². The molecule has 2 N–H and O–H groups in total. The number of nitrogens with one attached hydrogen (secondary N) is 2. The maximum Gasteiger partial charge on any atom is 0.191 e. The molecule has 1 saturated heterocycles. The molecular weight excluding hydrogens is 445 g/mol. The van der Waals surface area contributed by atoms with Gasteiger partial charge in [0, 0.05) is 46.6 Å². The first kappa shape index (κ1) is 23.0. The second kappa shape index (κ2) is 14.1. The molecule has 0 saturated carbocycles. The van der Waals surface area contributed by atoms with Gasteiger partial charge in [0.05, 0.1) is 7.11 Å². The Morgan fingerprint density at radius 1 is 1.27 bits per heavy atom. The summed E-state index contributed by atoms with van der Waals surface area (Å²) in [7, 11) is 3.46. The van der Waals surface area contributed by atoms with Gasteiger partial charge in [-0.05, 0) is 42.9 Å². The highest BCUT2D eigenvalue weighted by Crippen LogP contribution is 2.14. The first-order valence-corrected chi connectivity index (χ1v) is 9.04. The van der Waals surface area contributed by atoms with E-state index in [0.29, 0.717) is 12.5 Å². The highest BCUT2D eigenvalue weighted by molar-refractivity contribution is 14.0. The van der Waals surface area contributed by atoms with Crippen molar-refractivity contribution >= 4 is 29.9 Å². The van der Waals surface area contributed by atoms with E-state index in [1.165, 1.54) is 0 Å². The molecule has 1 heterocycles. The number of aliphatic imine (C=N–C) groups is 1. The number of ether oxygens (including phenoxy) is 3. The summed E-state index contributed by atoms with van der Waals surface area (Å²) in [4.78, 5) is 4.25. The maximum atomic E-state index is 5.77. The Hall–Kier alpha value is -1.06. The molecule has 0 aromatic heterocycles. The van der Waals surface area contributed by atoms with Gasteiger partial charge in [-0.25, -0.2) is 0 Å². The third kappa shape index (κ3) is 9.05. The summed E-state index contributed by atoms with van der Waals surface area (Å²) in [6.07, 6.45) is 3.21. The van der Waals surface area contributed by atoms with Gasteiger partial charge in [-0.1, -0.05) is 12.1 Å².